The lowest BCUT2D eigenvalue weighted by atomic mass is 10.2. The zero-order valence-electron chi connectivity index (χ0n) is 14.2. The molecule has 1 N–H and O–H groups in total. The largest absolute Gasteiger partial charge is 0.522 e. The van der Waals surface area contributed by atoms with Crippen molar-refractivity contribution >= 4 is 23.5 Å². The average molecular weight is 405 g/mol. The first-order valence-corrected chi connectivity index (χ1v) is 8.48. The third-order valence-electron chi connectivity index (χ3n) is 3.98. The van der Waals surface area contributed by atoms with Crippen molar-refractivity contribution in [3.63, 3.8) is 0 Å². The summed E-state index contributed by atoms with van der Waals surface area (Å²) in [5.41, 5.74) is 0.658. The van der Waals surface area contributed by atoms with Gasteiger partial charge >= 0.3 is 12.4 Å². The summed E-state index contributed by atoms with van der Waals surface area (Å²) in [5, 5.41) is 11.0. The van der Waals surface area contributed by atoms with Crippen LogP contribution in [0.15, 0.2) is 28.7 Å². The lowest BCUT2D eigenvalue weighted by Gasteiger charge is -2.21. The molecule has 7 nitrogen and oxygen atoms in total. The zero-order valence-corrected chi connectivity index (χ0v) is 14.9. The highest BCUT2D eigenvalue weighted by Crippen LogP contribution is 2.25. The van der Waals surface area contributed by atoms with Gasteiger partial charge in [0.1, 0.15) is 6.04 Å². The SMILES string of the molecule is C[C@@H](Nc1nnc(-c2ccc(Cl)cc2)o1)C(=O)N1CCC(OC(F)(F)F)C1. The van der Waals surface area contributed by atoms with E-state index in [2.05, 4.69) is 20.3 Å². The minimum atomic E-state index is -4.71. The van der Waals surface area contributed by atoms with Gasteiger partial charge in [-0.15, -0.1) is 18.3 Å². The highest BCUT2D eigenvalue weighted by Gasteiger charge is 2.38. The fourth-order valence-corrected chi connectivity index (χ4v) is 2.85. The Balaban J connectivity index is 1.57. The number of benzene rings is 1. The first-order chi connectivity index (χ1) is 12.7. The van der Waals surface area contributed by atoms with Gasteiger partial charge in [0.2, 0.25) is 11.8 Å². The maximum absolute atomic E-state index is 12.4. The molecule has 1 amide bonds. The average Bonchev–Trinajstić information content (AvgIpc) is 3.23. The van der Waals surface area contributed by atoms with Crippen LogP contribution in [0.1, 0.15) is 13.3 Å². The number of halogens is 4. The van der Waals surface area contributed by atoms with Crippen molar-refractivity contribution in [1.29, 1.82) is 0 Å². The second kappa shape index (κ2) is 7.73. The molecule has 146 valence electrons. The number of hydrogen-bond donors (Lipinski definition) is 1. The molecule has 1 aromatic heterocycles. The van der Waals surface area contributed by atoms with Crippen molar-refractivity contribution in [1.82, 2.24) is 15.1 Å². The standard InChI is InChI=1S/C16H16ClF3N4O3/c1-9(14(25)24-7-6-12(8-24)27-16(18,19)20)21-15-23-22-13(26-15)10-2-4-11(17)5-3-10/h2-5,9,12H,6-8H2,1H3,(H,21,23)/t9-,12?/m1/s1. The van der Waals surface area contributed by atoms with E-state index in [0.29, 0.717) is 10.6 Å². The molecule has 0 aliphatic carbocycles. The molecule has 1 aromatic carbocycles. The molecular weight excluding hydrogens is 389 g/mol. The van der Waals surface area contributed by atoms with Gasteiger partial charge in [0.15, 0.2) is 0 Å². The number of nitrogens with one attached hydrogen (secondary N) is 1. The maximum Gasteiger partial charge on any atom is 0.522 e. The quantitative estimate of drug-likeness (QED) is 0.823. The minimum absolute atomic E-state index is 0.0306. The number of carbonyl (C=O) groups is 1. The first kappa shape index (κ1) is 19.4. The molecule has 2 heterocycles. The van der Waals surface area contributed by atoms with Crippen LogP contribution < -0.4 is 5.32 Å². The van der Waals surface area contributed by atoms with Gasteiger partial charge in [0.05, 0.1) is 6.10 Å². The Morgan fingerprint density at radius 3 is 2.74 bits per heavy atom. The summed E-state index contributed by atoms with van der Waals surface area (Å²) >= 11 is 5.82. The third kappa shape index (κ3) is 5.10. The molecule has 2 aromatic rings. The number of carbonyl (C=O) groups excluding carboxylic acids is 1. The van der Waals surface area contributed by atoms with Crippen molar-refractivity contribution in [2.45, 2.75) is 31.9 Å². The number of hydrogen-bond acceptors (Lipinski definition) is 6. The molecule has 0 saturated carbocycles. The first-order valence-electron chi connectivity index (χ1n) is 8.10. The van der Waals surface area contributed by atoms with E-state index in [9.17, 15) is 18.0 Å². The van der Waals surface area contributed by atoms with Crippen molar-refractivity contribution in [3.05, 3.63) is 29.3 Å². The van der Waals surface area contributed by atoms with Gasteiger partial charge < -0.3 is 14.6 Å². The Labute approximate surface area is 157 Å². The Kier molecular flexibility index (Phi) is 5.56. The summed E-state index contributed by atoms with van der Waals surface area (Å²) in [6.45, 7) is 1.63. The number of aromatic nitrogens is 2. The van der Waals surface area contributed by atoms with Crippen molar-refractivity contribution in [2.75, 3.05) is 18.4 Å². The number of ether oxygens (including phenoxy) is 1. The predicted molar refractivity (Wildman–Crippen MR) is 90.0 cm³/mol. The predicted octanol–water partition coefficient (Wildman–Crippen LogP) is 3.33. The fourth-order valence-electron chi connectivity index (χ4n) is 2.73. The van der Waals surface area contributed by atoms with Crippen LogP contribution in [0.2, 0.25) is 5.02 Å². The molecule has 1 unspecified atom stereocenters. The molecule has 27 heavy (non-hydrogen) atoms. The smallest absolute Gasteiger partial charge is 0.403 e. The number of amides is 1. The summed E-state index contributed by atoms with van der Waals surface area (Å²) in [5.74, 6) is -0.136. The van der Waals surface area contributed by atoms with Gasteiger partial charge in [-0.2, -0.15) is 0 Å². The molecule has 2 atom stereocenters. The Hall–Kier alpha value is -2.33. The van der Waals surface area contributed by atoms with Gasteiger partial charge in [0, 0.05) is 23.7 Å². The van der Waals surface area contributed by atoms with Crippen molar-refractivity contribution in [3.8, 4) is 11.5 Å². The highest BCUT2D eigenvalue weighted by atomic mass is 35.5. The number of likely N-dealkylation sites (tertiary alicyclic amines) is 1. The monoisotopic (exact) mass is 404 g/mol. The molecule has 3 rings (SSSR count). The number of alkyl halides is 3. The van der Waals surface area contributed by atoms with E-state index in [4.69, 9.17) is 16.0 Å². The molecule has 0 bridgehead atoms. The van der Waals surface area contributed by atoms with E-state index in [1.165, 1.54) is 4.90 Å². The van der Waals surface area contributed by atoms with E-state index in [0.717, 1.165) is 0 Å². The Morgan fingerprint density at radius 1 is 1.37 bits per heavy atom. The van der Waals surface area contributed by atoms with Crippen molar-refractivity contribution in [2.24, 2.45) is 0 Å². The Morgan fingerprint density at radius 2 is 2.07 bits per heavy atom. The van der Waals surface area contributed by atoms with E-state index in [1.807, 2.05) is 0 Å². The molecule has 1 fully saturated rings. The van der Waals surface area contributed by atoms with Gasteiger partial charge in [-0.05, 0) is 37.6 Å². The second-order valence-electron chi connectivity index (χ2n) is 6.04. The van der Waals surface area contributed by atoms with Gasteiger partial charge in [-0.1, -0.05) is 16.7 Å². The summed E-state index contributed by atoms with van der Waals surface area (Å²) < 4.78 is 46.3. The van der Waals surface area contributed by atoms with Crippen LogP contribution in [-0.4, -0.2) is 52.6 Å². The van der Waals surface area contributed by atoms with Crippen LogP contribution in [0.25, 0.3) is 11.5 Å². The van der Waals surface area contributed by atoms with Gasteiger partial charge in [-0.25, -0.2) is 0 Å². The maximum atomic E-state index is 12.4. The lowest BCUT2D eigenvalue weighted by molar-refractivity contribution is -0.340. The number of nitrogens with zero attached hydrogens (tertiary/aromatic N) is 3. The van der Waals surface area contributed by atoms with Crippen LogP contribution in [0.4, 0.5) is 19.2 Å². The van der Waals surface area contributed by atoms with Crippen LogP contribution in [0, 0.1) is 0 Å². The summed E-state index contributed by atoms with van der Waals surface area (Å²) in [7, 11) is 0. The van der Waals surface area contributed by atoms with E-state index in [1.54, 1.807) is 31.2 Å². The lowest BCUT2D eigenvalue weighted by Crippen LogP contribution is -2.41. The minimum Gasteiger partial charge on any atom is -0.403 e. The summed E-state index contributed by atoms with van der Waals surface area (Å²) in [6, 6.07) is 6.04. The van der Waals surface area contributed by atoms with Crippen LogP contribution in [0.3, 0.4) is 0 Å². The second-order valence-corrected chi connectivity index (χ2v) is 6.48. The van der Waals surface area contributed by atoms with E-state index < -0.39 is 18.5 Å². The number of anilines is 1. The topological polar surface area (TPSA) is 80.5 Å². The zero-order chi connectivity index (χ0) is 19.6. The van der Waals surface area contributed by atoms with Crippen molar-refractivity contribution < 1.29 is 27.1 Å². The molecule has 1 saturated heterocycles. The van der Waals surface area contributed by atoms with E-state index >= 15 is 0 Å². The molecule has 11 heteroatoms. The summed E-state index contributed by atoms with van der Waals surface area (Å²) in [6.07, 6.45) is -5.64. The van der Waals surface area contributed by atoms with Crippen LogP contribution >= 0.6 is 11.6 Å². The summed E-state index contributed by atoms with van der Waals surface area (Å²) in [4.78, 5) is 13.7. The molecule has 1 aliphatic rings. The van der Waals surface area contributed by atoms with E-state index in [-0.39, 0.29) is 37.3 Å². The third-order valence-corrected chi connectivity index (χ3v) is 4.24. The van der Waals surface area contributed by atoms with Gasteiger partial charge in [-0.3, -0.25) is 9.53 Å². The highest BCUT2D eigenvalue weighted by molar-refractivity contribution is 6.30. The molecule has 0 radical (unpaired) electrons. The normalized spacial score (nSPS) is 18.6. The van der Waals surface area contributed by atoms with Gasteiger partial charge in [0.25, 0.3) is 0 Å². The molecule has 1 aliphatic heterocycles. The van der Waals surface area contributed by atoms with Crippen LogP contribution in [-0.2, 0) is 9.53 Å². The number of rotatable bonds is 5. The Bertz CT molecular complexity index is 797. The molecular formula is C16H16ClF3N4O3. The molecule has 0 spiro atoms. The fraction of sp³-hybridized carbons (Fsp3) is 0.438. The van der Waals surface area contributed by atoms with Crippen LogP contribution in [0.5, 0.6) is 0 Å².